The third-order valence-electron chi connectivity index (χ3n) is 3.67. The van der Waals surface area contributed by atoms with Gasteiger partial charge < -0.3 is 19.3 Å². The predicted octanol–water partition coefficient (Wildman–Crippen LogP) is 3.07. The first-order chi connectivity index (χ1) is 11.5. The first-order valence-corrected chi connectivity index (χ1v) is 8.57. The summed E-state index contributed by atoms with van der Waals surface area (Å²) < 4.78 is 15.7. The van der Waals surface area contributed by atoms with Crippen LogP contribution in [0, 0.1) is 16.0 Å². The molecule has 0 aliphatic carbocycles. The number of nitro groups is 1. The minimum Gasteiger partial charge on any atom is -0.481 e. The van der Waals surface area contributed by atoms with Crippen molar-refractivity contribution in [3.63, 3.8) is 0 Å². The van der Waals surface area contributed by atoms with E-state index in [4.69, 9.17) is 19.3 Å². The summed E-state index contributed by atoms with van der Waals surface area (Å²) in [6.45, 7) is 3.33. The Kier molecular flexibility index (Phi) is 14.5. The van der Waals surface area contributed by atoms with Crippen molar-refractivity contribution < 1.29 is 29.0 Å². The van der Waals surface area contributed by atoms with Crippen LogP contribution in [-0.2, 0) is 19.0 Å². The van der Waals surface area contributed by atoms with E-state index in [2.05, 4.69) is 6.92 Å². The van der Waals surface area contributed by atoms with Gasteiger partial charge in [0.1, 0.15) is 6.79 Å². The number of ether oxygens (including phenoxy) is 3. The number of nitrogens with zero attached hydrogens (tertiary/aromatic N) is 1. The number of hydrogen-bond donors (Lipinski definition) is 1. The second-order valence-electron chi connectivity index (χ2n) is 5.78. The van der Waals surface area contributed by atoms with Gasteiger partial charge >= 0.3 is 5.97 Å². The zero-order valence-electron chi connectivity index (χ0n) is 14.8. The molecule has 1 N–H and O–H groups in total. The molecule has 0 aromatic heterocycles. The van der Waals surface area contributed by atoms with Gasteiger partial charge in [-0.05, 0) is 19.3 Å². The van der Waals surface area contributed by atoms with Crippen molar-refractivity contribution in [1.82, 2.24) is 0 Å². The maximum absolute atomic E-state index is 10.0. The molecule has 142 valence electrons. The van der Waals surface area contributed by atoms with Crippen molar-refractivity contribution in [2.45, 2.75) is 64.6 Å². The highest BCUT2D eigenvalue weighted by Gasteiger charge is 2.25. The molecule has 0 saturated carbocycles. The van der Waals surface area contributed by atoms with Crippen LogP contribution < -0.4 is 0 Å². The number of aliphatic carboxylic acids is 1. The molecule has 0 aromatic carbocycles. The fourth-order valence-electron chi connectivity index (χ4n) is 2.35. The molecule has 1 aliphatic rings. The van der Waals surface area contributed by atoms with Crippen molar-refractivity contribution in [1.29, 1.82) is 0 Å². The molecular formula is C16H31NO7. The molecule has 8 heteroatoms. The number of carbonyl (C=O) groups is 1. The molecule has 1 rings (SSSR count). The average Bonchev–Trinajstić information content (AvgIpc) is 2.56. The molecule has 0 spiro atoms. The maximum atomic E-state index is 10.0. The Morgan fingerprint density at radius 1 is 1.29 bits per heavy atom. The smallest absolute Gasteiger partial charge is 0.303 e. The molecule has 0 amide bonds. The van der Waals surface area contributed by atoms with Crippen molar-refractivity contribution in [2.24, 2.45) is 5.92 Å². The average molecular weight is 349 g/mol. The highest BCUT2D eigenvalue weighted by atomic mass is 16.8. The Hall–Kier alpha value is -1.25. The summed E-state index contributed by atoms with van der Waals surface area (Å²) in [6.07, 6.45) is 6.36. The van der Waals surface area contributed by atoms with Gasteiger partial charge in [0.05, 0.1) is 6.61 Å². The molecule has 8 nitrogen and oxygen atoms in total. The normalized spacial score (nSPS) is 20.1. The first-order valence-electron chi connectivity index (χ1n) is 8.57. The monoisotopic (exact) mass is 349 g/mol. The van der Waals surface area contributed by atoms with Crippen LogP contribution in [0.3, 0.4) is 0 Å². The Morgan fingerprint density at radius 2 is 2.00 bits per heavy atom. The van der Waals surface area contributed by atoms with Gasteiger partial charge in [-0.2, -0.15) is 0 Å². The molecule has 1 aliphatic heterocycles. The fraction of sp³-hybridized carbons (Fsp3) is 0.938. The topological polar surface area (TPSA) is 108 Å². The highest BCUT2D eigenvalue weighted by molar-refractivity contribution is 5.66. The number of unbranched alkanes of at least 4 members (excludes halogenated alkanes) is 4. The summed E-state index contributed by atoms with van der Waals surface area (Å²) in [6, 6.07) is 0. The summed E-state index contributed by atoms with van der Waals surface area (Å²) in [5.41, 5.74) is 0. The molecule has 0 aromatic rings. The molecule has 0 bridgehead atoms. The lowest BCUT2D eigenvalue weighted by atomic mass is 10.0. The molecule has 1 heterocycles. The van der Waals surface area contributed by atoms with Crippen LogP contribution in [0.1, 0.15) is 58.3 Å². The summed E-state index contributed by atoms with van der Waals surface area (Å²) in [4.78, 5) is 19.5. The van der Waals surface area contributed by atoms with Crippen molar-refractivity contribution in [3.8, 4) is 0 Å². The minimum absolute atomic E-state index is 0.00687. The van der Waals surface area contributed by atoms with Crippen LogP contribution in [0.2, 0.25) is 0 Å². The lowest BCUT2D eigenvalue weighted by Crippen LogP contribution is -2.35. The summed E-state index contributed by atoms with van der Waals surface area (Å²) >= 11 is 0. The molecule has 2 atom stereocenters. The number of carboxylic acid groups (broad SMARTS) is 1. The Balaban J connectivity index is 0.000000441. The highest BCUT2D eigenvalue weighted by Crippen LogP contribution is 2.20. The Bertz CT molecular complexity index is 320. The molecule has 0 radical (unpaired) electrons. The van der Waals surface area contributed by atoms with Crippen molar-refractivity contribution >= 4 is 5.97 Å². The van der Waals surface area contributed by atoms with Crippen molar-refractivity contribution in [3.05, 3.63) is 10.1 Å². The maximum Gasteiger partial charge on any atom is 0.303 e. The summed E-state index contributed by atoms with van der Waals surface area (Å²) in [5, 5.41) is 18.1. The fourth-order valence-corrected chi connectivity index (χ4v) is 2.35. The van der Waals surface area contributed by atoms with Crippen LogP contribution in [0.5, 0.6) is 0 Å². The van der Waals surface area contributed by atoms with Gasteiger partial charge in [-0.15, -0.1) is 0 Å². The van der Waals surface area contributed by atoms with Crippen LogP contribution >= 0.6 is 0 Å². The predicted molar refractivity (Wildman–Crippen MR) is 88.3 cm³/mol. The van der Waals surface area contributed by atoms with Crippen LogP contribution in [0.15, 0.2) is 0 Å². The van der Waals surface area contributed by atoms with E-state index in [0.717, 1.165) is 25.9 Å². The van der Waals surface area contributed by atoms with Crippen LogP contribution in [0.25, 0.3) is 0 Å². The minimum atomic E-state index is -0.802. The lowest BCUT2D eigenvalue weighted by Gasteiger charge is -2.30. The zero-order chi connectivity index (χ0) is 18.2. The third-order valence-corrected chi connectivity index (χ3v) is 3.67. The van der Waals surface area contributed by atoms with E-state index in [9.17, 15) is 14.9 Å². The second-order valence-corrected chi connectivity index (χ2v) is 5.78. The Labute approximate surface area is 143 Å². The van der Waals surface area contributed by atoms with E-state index in [-0.39, 0.29) is 24.2 Å². The number of carboxylic acids is 1. The lowest BCUT2D eigenvalue weighted by molar-refractivity contribution is -0.480. The van der Waals surface area contributed by atoms with Gasteiger partial charge in [0.25, 0.3) is 0 Å². The molecule has 24 heavy (non-hydrogen) atoms. The second kappa shape index (κ2) is 15.3. The van der Waals surface area contributed by atoms with E-state index in [1.165, 1.54) is 12.8 Å². The third kappa shape index (κ3) is 13.2. The van der Waals surface area contributed by atoms with E-state index in [0.29, 0.717) is 25.6 Å². The number of rotatable bonds is 11. The summed E-state index contributed by atoms with van der Waals surface area (Å²) in [5.74, 6) is -0.382. The SMILES string of the molecule is CCCCC1COCOC1OC.O=C(O)CCCCCC[N+](=O)[O-]. The quantitative estimate of drug-likeness (QED) is 0.347. The van der Waals surface area contributed by atoms with Crippen LogP contribution in [-0.4, -0.2) is 49.3 Å². The van der Waals surface area contributed by atoms with Gasteiger partial charge in [-0.1, -0.05) is 26.2 Å². The number of hydrogen-bond acceptors (Lipinski definition) is 6. The van der Waals surface area contributed by atoms with E-state index < -0.39 is 5.97 Å². The molecule has 2 unspecified atom stereocenters. The van der Waals surface area contributed by atoms with Crippen molar-refractivity contribution in [2.75, 3.05) is 27.1 Å². The zero-order valence-corrected chi connectivity index (χ0v) is 14.8. The molecular weight excluding hydrogens is 318 g/mol. The van der Waals surface area contributed by atoms with Gasteiger partial charge in [-0.3, -0.25) is 14.9 Å². The van der Waals surface area contributed by atoms with Gasteiger partial charge in [0.15, 0.2) is 6.29 Å². The van der Waals surface area contributed by atoms with Gasteiger partial charge in [0.2, 0.25) is 6.54 Å². The number of methoxy groups -OCH3 is 1. The van der Waals surface area contributed by atoms with E-state index in [1.54, 1.807) is 7.11 Å². The molecule has 1 fully saturated rings. The van der Waals surface area contributed by atoms with E-state index in [1.807, 2.05) is 0 Å². The van der Waals surface area contributed by atoms with E-state index >= 15 is 0 Å². The van der Waals surface area contributed by atoms with Gasteiger partial charge in [-0.25, -0.2) is 0 Å². The summed E-state index contributed by atoms with van der Waals surface area (Å²) in [7, 11) is 1.69. The standard InChI is InChI=1S/C9H18O3.C7H13NO4/c1-3-4-5-8-6-11-7-12-9(8)10-2;9-7(10)5-3-1-2-4-6-8(11)12/h8-9H,3-7H2,1-2H3;1-6H2,(H,9,10). The largest absolute Gasteiger partial charge is 0.481 e. The molecule has 1 saturated heterocycles. The first kappa shape index (κ1) is 22.8. The van der Waals surface area contributed by atoms with Gasteiger partial charge in [0, 0.05) is 30.8 Å². The Morgan fingerprint density at radius 3 is 2.58 bits per heavy atom. The van der Waals surface area contributed by atoms with Crippen LogP contribution in [0.4, 0.5) is 0 Å².